The highest BCUT2D eigenvalue weighted by molar-refractivity contribution is 7.98. The van der Waals surface area contributed by atoms with Crippen LogP contribution < -0.4 is 10.2 Å². The maximum absolute atomic E-state index is 13.3. The molecule has 1 heterocycles. The Bertz CT molecular complexity index is 843. The zero-order valence-electron chi connectivity index (χ0n) is 16.6. The number of esters is 1. The molecule has 28 heavy (non-hydrogen) atoms. The molecule has 0 bridgehead atoms. The number of methoxy groups -OCH3 is 2. The Morgan fingerprint density at radius 2 is 1.75 bits per heavy atom. The van der Waals surface area contributed by atoms with Crippen LogP contribution in [0.3, 0.4) is 0 Å². The second kappa shape index (κ2) is 10.1. The first-order chi connectivity index (χ1) is 13.4. The Labute approximate surface area is 169 Å². The topological polar surface area (TPSA) is 88.9 Å². The van der Waals surface area contributed by atoms with E-state index < -0.39 is 13.6 Å². The molecule has 0 fully saturated rings. The molecule has 0 saturated heterocycles. The number of hydrogen-bond acceptors (Lipinski definition) is 8. The highest BCUT2D eigenvalue weighted by Gasteiger charge is 2.38. The second-order valence-electron chi connectivity index (χ2n) is 5.53. The fraction of sp³-hybridized carbons (Fsp3) is 0.444. The average molecular weight is 428 g/mol. The van der Waals surface area contributed by atoms with Crippen LogP contribution in [0.1, 0.15) is 29.9 Å². The van der Waals surface area contributed by atoms with E-state index in [1.54, 1.807) is 25.5 Å². The number of benzene rings is 1. The molecule has 0 saturated carbocycles. The van der Waals surface area contributed by atoms with Gasteiger partial charge >= 0.3 is 13.6 Å². The van der Waals surface area contributed by atoms with Crippen LogP contribution in [0.4, 0.5) is 0 Å². The Morgan fingerprint density at radius 1 is 1.14 bits per heavy atom. The number of ether oxygens (including phenoxy) is 2. The van der Waals surface area contributed by atoms with E-state index in [9.17, 15) is 9.36 Å². The summed E-state index contributed by atoms with van der Waals surface area (Å²) in [6.07, 6.45) is 1.82. The van der Waals surface area contributed by atoms with Crippen molar-refractivity contribution in [2.24, 2.45) is 0 Å². The lowest BCUT2D eigenvalue weighted by atomic mass is 10.2. The first kappa shape index (κ1) is 22.5. The van der Waals surface area contributed by atoms with E-state index in [4.69, 9.17) is 18.5 Å². The van der Waals surface area contributed by atoms with E-state index in [1.165, 1.54) is 18.9 Å². The maximum Gasteiger partial charge on any atom is 0.382 e. The largest absolute Gasteiger partial charge is 0.497 e. The molecule has 2 aromatic rings. The van der Waals surface area contributed by atoms with E-state index in [-0.39, 0.29) is 24.3 Å². The van der Waals surface area contributed by atoms with Gasteiger partial charge in [0.15, 0.2) is 16.3 Å². The number of thioether (sulfide) groups is 1. The first-order valence-corrected chi connectivity index (χ1v) is 11.5. The molecular weight excluding hydrogens is 403 g/mol. The molecule has 0 atom stereocenters. The minimum absolute atomic E-state index is 0.0269. The Kier molecular flexibility index (Phi) is 8.12. The Hall–Kier alpha value is -1.80. The summed E-state index contributed by atoms with van der Waals surface area (Å²) in [6, 6.07) is 7.42. The van der Waals surface area contributed by atoms with Crippen LogP contribution in [0.5, 0.6) is 5.75 Å². The minimum Gasteiger partial charge on any atom is -0.497 e. The molecule has 1 aromatic carbocycles. The third-order valence-corrected chi connectivity index (χ3v) is 6.54. The number of hydrogen-bond donors (Lipinski definition) is 0. The first-order valence-electron chi connectivity index (χ1n) is 8.69. The van der Waals surface area contributed by atoms with Gasteiger partial charge in [0, 0.05) is 0 Å². The lowest BCUT2D eigenvalue weighted by Crippen LogP contribution is -2.23. The van der Waals surface area contributed by atoms with Crippen LogP contribution in [0.15, 0.2) is 29.4 Å². The molecule has 154 valence electrons. The van der Waals surface area contributed by atoms with Crippen LogP contribution in [-0.4, -0.2) is 49.2 Å². The molecule has 2 rings (SSSR count). The zero-order valence-corrected chi connectivity index (χ0v) is 18.3. The summed E-state index contributed by atoms with van der Waals surface area (Å²) in [5.41, 5.74) is 0.946. The van der Waals surface area contributed by atoms with Crippen LogP contribution in [0, 0.1) is 0 Å². The van der Waals surface area contributed by atoms with Crippen molar-refractivity contribution in [3.63, 3.8) is 0 Å². The Morgan fingerprint density at radius 3 is 2.21 bits per heavy atom. The molecule has 0 N–H and O–H groups in total. The second-order valence-corrected chi connectivity index (χ2v) is 8.24. The van der Waals surface area contributed by atoms with E-state index in [0.29, 0.717) is 11.7 Å². The van der Waals surface area contributed by atoms with Crippen molar-refractivity contribution in [2.75, 3.05) is 33.7 Å². The molecule has 1 aromatic heterocycles. The predicted octanol–water partition coefficient (Wildman–Crippen LogP) is 3.34. The van der Waals surface area contributed by atoms with Crippen molar-refractivity contribution in [3.8, 4) is 5.75 Å². The quantitative estimate of drug-likeness (QED) is 0.323. The fourth-order valence-corrected chi connectivity index (χ4v) is 4.94. The average Bonchev–Trinajstić information content (AvgIpc) is 3.07. The van der Waals surface area contributed by atoms with Gasteiger partial charge in [0.25, 0.3) is 0 Å². The monoisotopic (exact) mass is 428 g/mol. The van der Waals surface area contributed by atoms with Crippen LogP contribution in [0.25, 0.3) is 0 Å². The standard InChI is InChI=1S/C18H25N2O6PS/c1-6-25-27(22,26-7-2)16-15(17(21)24-4)20(18(19-16)28-5)12-13-8-10-14(23-3)11-9-13/h8-11H,6-7,12H2,1-5H3. The highest BCUT2D eigenvalue weighted by Crippen LogP contribution is 2.48. The van der Waals surface area contributed by atoms with Gasteiger partial charge in [-0.15, -0.1) is 0 Å². The molecule has 8 nitrogen and oxygen atoms in total. The number of rotatable bonds is 10. The summed E-state index contributed by atoms with van der Waals surface area (Å²) in [5.74, 6) is 0.0708. The van der Waals surface area contributed by atoms with Crippen molar-refractivity contribution >= 4 is 30.8 Å². The molecule has 0 amide bonds. The maximum atomic E-state index is 13.3. The van der Waals surface area contributed by atoms with Crippen molar-refractivity contribution in [1.29, 1.82) is 0 Å². The van der Waals surface area contributed by atoms with E-state index in [1.807, 2.05) is 30.5 Å². The number of nitrogens with zero attached hydrogens (tertiary/aromatic N) is 2. The van der Waals surface area contributed by atoms with Crippen LogP contribution >= 0.6 is 19.4 Å². The van der Waals surface area contributed by atoms with Crippen molar-refractivity contribution < 1.29 is 27.9 Å². The molecule has 0 radical (unpaired) electrons. The van der Waals surface area contributed by atoms with Gasteiger partial charge in [0.2, 0.25) is 0 Å². The summed E-state index contributed by atoms with van der Waals surface area (Å²) >= 11 is 1.32. The van der Waals surface area contributed by atoms with E-state index in [0.717, 1.165) is 11.3 Å². The lowest BCUT2D eigenvalue weighted by Gasteiger charge is -2.16. The van der Waals surface area contributed by atoms with Gasteiger partial charge in [-0.3, -0.25) is 4.57 Å². The minimum atomic E-state index is -3.78. The van der Waals surface area contributed by atoms with Gasteiger partial charge < -0.3 is 23.1 Å². The molecule has 0 spiro atoms. The number of aromatic nitrogens is 2. The molecule has 0 aliphatic rings. The van der Waals surface area contributed by atoms with E-state index in [2.05, 4.69) is 4.98 Å². The molecule has 10 heteroatoms. The van der Waals surface area contributed by atoms with Crippen molar-refractivity contribution in [3.05, 3.63) is 35.5 Å². The van der Waals surface area contributed by atoms with Crippen molar-refractivity contribution in [1.82, 2.24) is 9.55 Å². The smallest absolute Gasteiger partial charge is 0.382 e. The van der Waals surface area contributed by atoms with E-state index >= 15 is 0 Å². The normalized spacial score (nSPS) is 11.5. The summed E-state index contributed by atoms with van der Waals surface area (Å²) in [5, 5.41) is 0.505. The molecule has 0 aliphatic carbocycles. The number of carbonyl (C=O) groups excluding carboxylic acids is 1. The van der Waals surface area contributed by atoms with Crippen LogP contribution in [0.2, 0.25) is 0 Å². The summed E-state index contributed by atoms with van der Waals surface area (Å²) in [4.78, 5) is 17.0. The number of imidazole rings is 1. The van der Waals surface area contributed by atoms with Gasteiger partial charge in [0.05, 0.1) is 34.0 Å². The fourth-order valence-electron chi connectivity index (χ4n) is 2.62. The van der Waals surface area contributed by atoms with Gasteiger partial charge in [-0.05, 0) is 37.8 Å². The zero-order chi connectivity index (χ0) is 20.7. The van der Waals surface area contributed by atoms with Crippen LogP contribution in [-0.2, 0) is 24.9 Å². The number of carbonyl (C=O) groups is 1. The lowest BCUT2D eigenvalue weighted by molar-refractivity contribution is 0.0588. The Balaban J connectivity index is 2.61. The van der Waals surface area contributed by atoms with Gasteiger partial charge in [-0.1, -0.05) is 23.9 Å². The predicted molar refractivity (Wildman–Crippen MR) is 108 cm³/mol. The molecular formula is C18H25N2O6PS. The highest BCUT2D eigenvalue weighted by atomic mass is 32.2. The summed E-state index contributed by atoms with van der Waals surface area (Å²) < 4.78 is 35.9. The summed E-state index contributed by atoms with van der Waals surface area (Å²) in [6.45, 7) is 4.03. The van der Waals surface area contributed by atoms with Gasteiger partial charge in [0.1, 0.15) is 5.75 Å². The third kappa shape index (κ3) is 4.78. The molecule has 0 unspecified atom stereocenters. The van der Waals surface area contributed by atoms with Gasteiger partial charge in [-0.25, -0.2) is 9.78 Å². The van der Waals surface area contributed by atoms with Gasteiger partial charge in [-0.2, -0.15) is 0 Å². The van der Waals surface area contributed by atoms with Crippen molar-refractivity contribution in [2.45, 2.75) is 25.5 Å². The summed E-state index contributed by atoms with van der Waals surface area (Å²) in [7, 11) is -0.919. The third-order valence-electron chi connectivity index (χ3n) is 3.83. The SMILES string of the molecule is CCOP(=O)(OCC)c1nc(SC)n(Cc2ccc(OC)cc2)c1C(=O)OC. The molecule has 0 aliphatic heterocycles.